The second kappa shape index (κ2) is 4.80. The highest BCUT2D eigenvalue weighted by atomic mass is 16.4. The molecule has 1 amide bonds. The van der Waals surface area contributed by atoms with E-state index in [4.69, 9.17) is 9.52 Å². The molecule has 1 aliphatic carbocycles. The predicted molar refractivity (Wildman–Crippen MR) is 61.6 cm³/mol. The van der Waals surface area contributed by atoms with Gasteiger partial charge in [-0.1, -0.05) is 6.42 Å². The number of carboxylic acids is 1. The van der Waals surface area contributed by atoms with Gasteiger partial charge in [-0.2, -0.15) is 0 Å². The van der Waals surface area contributed by atoms with Crippen molar-refractivity contribution in [2.45, 2.75) is 39.2 Å². The van der Waals surface area contributed by atoms with Crippen molar-refractivity contribution in [3.8, 4) is 0 Å². The molecule has 98 valence electrons. The van der Waals surface area contributed by atoms with Crippen LogP contribution in [0.25, 0.3) is 0 Å². The number of hydrogen-bond acceptors (Lipinski definition) is 4. The summed E-state index contributed by atoms with van der Waals surface area (Å²) in [6.45, 7) is 2.04. The molecule has 0 radical (unpaired) electrons. The average molecular weight is 252 g/mol. The molecule has 0 aliphatic heterocycles. The zero-order valence-electron chi connectivity index (χ0n) is 10.2. The van der Waals surface area contributed by atoms with E-state index in [1.54, 1.807) is 6.92 Å². The van der Waals surface area contributed by atoms with Crippen LogP contribution in [-0.2, 0) is 16.1 Å². The number of aromatic nitrogens is 1. The van der Waals surface area contributed by atoms with Crippen molar-refractivity contribution in [3.63, 3.8) is 0 Å². The average Bonchev–Trinajstić information content (AvgIpc) is 2.66. The van der Waals surface area contributed by atoms with Crippen LogP contribution in [0.1, 0.15) is 37.1 Å². The second-order valence-corrected chi connectivity index (χ2v) is 4.75. The number of carboxylic acid groups (broad SMARTS) is 1. The van der Waals surface area contributed by atoms with Gasteiger partial charge >= 0.3 is 5.97 Å². The molecular formula is C12H16N2O4. The number of amides is 1. The molecule has 0 unspecified atom stereocenters. The summed E-state index contributed by atoms with van der Waals surface area (Å²) in [5.74, 6) is -0.465. The standard InChI is InChI=1S/C12H16N2O4/c1-8-9(14-7-18-8)6-13-10(15)5-12(11(16)17)3-2-4-12/h7H,2-6H2,1H3,(H,13,15)(H,16,17). The van der Waals surface area contributed by atoms with Crippen molar-refractivity contribution in [1.82, 2.24) is 10.3 Å². The third kappa shape index (κ3) is 2.37. The number of nitrogens with zero attached hydrogens (tertiary/aromatic N) is 1. The molecule has 2 N–H and O–H groups in total. The maximum atomic E-state index is 11.7. The van der Waals surface area contributed by atoms with Gasteiger partial charge < -0.3 is 14.8 Å². The van der Waals surface area contributed by atoms with Crippen LogP contribution in [0.2, 0.25) is 0 Å². The number of nitrogens with one attached hydrogen (secondary N) is 1. The zero-order valence-corrected chi connectivity index (χ0v) is 10.2. The van der Waals surface area contributed by atoms with Crippen molar-refractivity contribution >= 4 is 11.9 Å². The van der Waals surface area contributed by atoms with Crippen molar-refractivity contribution < 1.29 is 19.1 Å². The number of carbonyl (C=O) groups excluding carboxylic acids is 1. The van der Waals surface area contributed by atoms with Gasteiger partial charge in [-0.15, -0.1) is 0 Å². The van der Waals surface area contributed by atoms with Crippen LogP contribution >= 0.6 is 0 Å². The molecule has 0 spiro atoms. The van der Waals surface area contributed by atoms with Crippen molar-refractivity contribution in [2.24, 2.45) is 5.41 Å². The van der Waals surface area contributed by atoms with Gasteiger partial charge in [0, 0.05) is 6.42 Å². The molecule has 6 nitrogen and oxygen atoms in total. The van der Waals surface area contributed by atoms with Crippen LogP contribution in [0.5, 0.6) is 0 Å². The summed E-state index contributed by atoms with van der Waals surface area (Å²) >= 11 is 0. The summed E-state index contributed by atoms with van der Waals surface area (Å²) < 4.78 is 5.01. The predicted octanol–water partition coefficient (Wildman–Crippen LogP) is 1.24. The molecule has 0 atom stereocenters. The quantitative estimate of drug-likeness (QED) is 0.822. The van der Waals surface area contributed by atoms with Gasteiger partial charge in [-0.25, -0.2) is 4.98 Å². The lowest BCUT2D eigenvalue weighted by Gasteiger charge is -2.36. The fourth-order valence-corrected chi connectivity index (χ4v) is 2.12. The van der Waals surface area contributed by atoms with E-state index in [1.807, 2.05) is 0 Å². The van der Waals surface area contributed by atoms with Gasteiger partial charge in [-0.05, 0) is 19.8 Å². The largest absolute Gasteiger partial charge is 0.481 e. The summed E-state index contributed by atoms with van der Waals surface area (Å²) in [5.41, 5.74) is -0.176. The van der Waals surface area contributed by atoms with Gasteiger partial charge in [-0.3, -0.25) is 9.59 Å². The fraction of sp³-hybridized carbons (Fsp3) is 0.583. The Morgan fingerprint density at radius 2 is 2.28 bits per heavy atom. The zero-order chi connectivity index (χ0) is 13.2. The highest BCUT2D eigenvalue weighted by Crippen LogP contribution is 2.44. The lowest BCUT2D eigenvalue weighted by molar-refractivity contribution is -0.157. The molecule has 1 saturated carbocycles. The SMILES string of the molecule is Cc1ocnc1CNC(=O)CC1(C(=O)O)CCC1. The van der Waals surface area contributed by atoms with Crippen LogP contribution in [0.3, 0.4) is 0 Å². The number of oxazole rings is 1. The van der Waals surface area contributed by atoms with Crippen LogP contribution in [0, 0.1) is 12.3 Å². The van der Waals surface area contributed by atoms with Gasteiger partial charge in [0.05, 0.1) is 12.0 Å². The Morgan fingerprint density at radius 1 is 1.56 bits per heavy atom. The van der Waals surface area contributed by atoms with Crippen LogP contribution in [-0.4, -0.2) is 22.0 Å². The fourth-order valence-electron chi connectivity index (χ4n) is 2.12. The van der Waals surface area contributed by atoms with E-state index < -0.39 is 11.4 Å². The Morgan fingerprint density at radius 3 is 2.72 bits per heavy atom. The maximum Gasteiger partial charge on any atom is 0.310 e. The highest BCUT2D eigenvalue weighted by Gasteiger charge is 2.45. The Bertz CT molecular complexity index is 462. The molecule has 1 aliphatic rings. The molecule has 0 aromatic carbocycles. The molecule has 0 saturated heterocycles. The Labute approximate surface area is 104 Å². The van der Waals surface area contributed by atoms with E-state index in [2.05, 4.69) is 10.3 Å². The van der Waals surface area contributed by atoms with E-state index in [-0.39, 0.29) is 18.9 Å². The molecule has 1 aromatic heterocycles. The number of hydrogen-bond donors (Lipinski definition) is 2. The smallest absolute Gasteiger partial charge is 0.310 e. The van der Waals surface area contributed by atoms with Gasteiger partial charge in [0.2, 0.25) is 5.91 Å². The normalized spacial score (nSPS) is 16.9. The van der Waals surface area contributed by atoms with Gasteiger partial charge in [0.1, 0.15) is 11.5 Å². The maximum absolute atomic E-state index is 11.7. The molecule has 18 heavy (non-hydrogen) atoms. The first-order valence-corrected chi connectivity index (χ1v) is 5.92. The first kappa shape index (κ1) is 12.6. The molecule has 2 rings (SSSR count). The van der Waals surface area contributed by atoms with Crippen LogP contribution in [0.15, 0.2) is 10.8 Å². The van der Waals surface area contributed by atoms with E-state index in [0.717, 1.165) is 6.42 Å². The summed E-state index contributed by atoms with van der Waals surface area (Å²) in [5, 5.41) is 11.8. The number of aryl methyl sites for hydroxylation is 1. The molecule has 1 heterocycles. The monoisotopic (exact) mass is 252 g/mol. The minimum absolute atomic E-state index is 0.0409. The Balaban J connectivity index is 1.86. The Hall–Kier alpha value is -1.85. The summed E-state index contributed by atoms with van der Waals surface area (Å²) in [6.07, 6.45) is 3.40. The van der Waals surface area contributed by atoms with E-state index in [9.17, 15) is 9.59 Å². The van der Waals surface area contributed by atoms with Crippen molar-refractivity contribution in [2.75, 3.05) is 0 Å². The van der Waals surface area contributed by atoms with Crippen molar-refractivity contribution in [1.29, 1.82) is 0 Å². The molecular weight excluding hydrogens is 236 g/mol. The first-order chi connectivity index (χ1) is 8.53. The molecule has 6 heteroatoms. The lowest BCUT2D eigenvalue weighted by atomic mass is 9.66. The lowest BCUT2D eigenvalue weighted by Crippen LogP contribution is -2.42. The minimum Gasteiger partial charge on any atom is -0.481 e. The molecule has 0 bridgehead atoms. The summed E-state index contributed by atoms with van der Waals surface area (Å²) in [7, 11) is 0. The second-order valence-electron chi connectivity index (χ2n) is 4.75. The number of rotatable bonds is 5. The number of carbonyl (C=O) groups is 2. The Kier molecular flexibility index (Phi) is 3.36. The van der Waals surface area contributed by atoms with Gasteiger partial charge in [0.25, 0.3) is 0 Å². The summed E-state index contributed by atoms with van der Waals surface area (Å²) in [6, 6.07) is 0. The van der Waals surface area contributed by atoms with E-state index in [1.165, 1.54) is 6.39 Å². The van der Waals surface area contributed by atoms with Crippen LogP contribution in [0.4, 0.5) is 0 Å². The van der Waals surface area contributed by atoms with Crippen molar-refractivity contribution in [3.05, 3.63) is 17.8 Å². The van der Waals surface area contributed by atoms with E-state index >= 15 is 0 Å². The third-order valence-corrected chi connectivity index (χ3v) is 3.56. The summed E-state index contributed by atoms with van der Waals surface area (Å²) in [4.78, 5) is 26.8. The highest BCUT2D eigenvalue weighted by molar-refractivity contribution is 5.85. The molecule has 1 fully saturated rings. The number of aliphatic carboxylic acids is 1. The van der Waals surface area contributed by atoms with Gasteiger partial charge in [0.15, 0.2) is 6.39 Å². The minimum atomic E-state index is -0.874. The first-order valence-electron chi connectivity index (χ1n) is 5.92. The van der Waals surface area contributed by atoms with Crippen LogP contribution < -0.4 is 5.32 Å². The topological polar surface area (TPSA) is 92.4 Å². The third-order valence-electron chi connectivity index (χ3n) is 3.56. The molecule has 1 aromatic rings. The van der Waals surface area contributed by atoms with E-state index in [0.29, 0.717) is 24.3 Å².